The fourth-order valence-electron chi connectivity index (χ4n) is 2.23. The molecule has 0 atom stereocenters. The second-order valence-electron chi connectivity index (χ2n) is 5.07. The molecule has 0 radical (unpaired) electrons. The quantitative estimate of drug-likeness (QED) is 0.657. The number of sulfonamides is 1. The number of hydrogen-bond acceptors (Lipinski definition) is 6. The van der Waals surface area contributed by atoms with Crippen molar-refractivity contribution in [2.45, 2.75) is 5.16 Å². The van der Waals surface area contributed by atoms with Crippen molar-refractivity contribution in [2.75, 3.05) is 23.9 Å². The van der Waals surface area contributed by atoms with Crippen molar-refractivity contribution in [2.24, 2.45) is 7.05 Å². The summed E-state index contributed by atoms with van der Waals surface area (Å²) in [4.78, 5) is 4.24. The molecular formula is C13H16N6O2S2. The van der Waals surface area contributed by atoms with Crippen molar-refractivity contribution in [1.29, 1.82) is 0 Å². The maximum absolute atomic E-state index is 11.9. The van der Waals surface area contributed by atoms with Crippen LogP contribution in [0.3, 0.4) is 0 Å². The van der Waals surface area contributed by atoms with Crippen molar-refractivity contribution in [1.82, 2.24) is 24.4 Å². The molecule has 23 heavy (non-hydrogen) atoms. The number of aryl methyl sites for hydroxylation is 1. The maximum Gasteiger partial charge on any atom is 0.233 e. The van der Waals surface area contributed by atoms with Gasteiger partial charge in [0.2, 0.25) is 15.2 Å². The first-order valence-corrected chi connectivity index (χ1v) is 9.75. The topological polar surface area (TPSA) is 85.4 Å². The molecule has 0 aromatic carbocycles. The highest BCUT2D eigenvalue weighted by atomic mass is 32.2. The molecule has 3 aromatic heterocycles. The summed E-state index contributed by atoms with van der Waals surface area (Å²) < 4.78 is 28.2. The van der Waals surface area contributed by atoms with Gasteiger partial charge in [-0.3, -0.25) is 8.99 Å². The van der Waals surface area contributed by atoms with Gasteiger partial charge in [0.15, 0.2) is 5.82 Å². The van der Waals surface area contributed by atoms with E-state index in [4.69, 9.17) is 0 Å². The molecule has 3 heterocycles. The zero-order valence-electron chi connectivity index (χ0n) is 13.1. The monoisotopic (exact) mass is 352 g/mol. The van der Waals surface area contributed by atoms with E-state index in [2.05, 4.69) is 15.2 Å². The molecule has 0 saturated carbocycles. The van der Waals surface area contributed by atoms with E-state index >= 15 is 0 Å². The average molecular weight is 352 g/mol. The van der Waals surface area contributed by atoms with Gasteiger partial charge in [0.1, 0.15) is 0 Å². The lowest BCUT2D eigenvalue weighted by Crippen LogP contribution is -2.26. The molecule has 0 amide bonds. The number of aromatic nitrogens is 5. The molecule has 0 aliphatic carbocycles. The van der Waals surface area contributed by atoms with Crippen LogP contribution in [0.2, 0.25) is 0 Å². The Bertz CT molecular complexity index is 976. The first-order chi connectivity index (χ1) is 10.8. The first kappa shape index (κ1) is 15.8. The lowest BCUT2D eigenvalue weighted by Gasteiger charge is -2.15. The lowest BCUT2D eigenvalue weighted by atomic mass is 10.2. The van der Waals surface area contributed by atoms with Crippen LogP contribution in [-0.2, 0) is 17.1 Å². The largest absolute Gasteiger partial charge is 0.273 e. The molecule has 0 bridgehead atoms. The normalized spacial score (nSPS) is 12.0. The number of rotatable bonds is 4. The first-order valence-electron chi connectivity index (χ1n) is 6.68. The summed E-state index contributed by atoms with van der Waals surface area (Å²) in [5.41, 5.74) is 2.28. The van der Waals surface area contributed by atoms with Crippen molar-refractivity contribution in [3.05, 3.63) is 24.5 Å². The molecule has 0 aliphatic heterocycles. The predicted octanol–water partition coefficient (Wildman–Crippen LogP) is 1.25. The average Bonchev–Trinajstić information content (AvgIpc) is 3.07. The summed E-state index contributed by atoms with van der Waals surface area (Å²) in [5, 5.41) is 9.39. The van der Waals surface area contributed by atoms with Crippen molar-refractivity contribution >= 4 is 33.1 Å². The van der Waals surface area contributed by atoms with Crippen LogP contribution in [-0.4, -0.2) is 52.4 Å². The van der Waals surface area contributed by atoms with Crippen LogP contribution in [0.5, 0.6) is 0 Å². The summed E-state index contributed by atoms with van der Waals surface area (Å²) in [7, 11) is -0.174. The highest BCUT2D eigenvalue weighted by molar-refractivity contribution is 7.98. The van der Waals surface area contributed by atoms with Crippen molar-refractivity contribution in [3.8, 4) is 11.3 Å². The van der Waals surface area contributed by atoms with Gasteiger partial charge in [-0.25, -0.2) is 17.9 Å². The van der Waals surface area contributed by atoms with E-state index < -0.39 is 10.0 Å². The van der Waals surface area contributed by atoms with Crippen LogP contribution >= 0.6 is 11.8 Å². The molecular weight excluding hydrogens is 336 g/mol. The Morgan fingerprint density at radius 3 is 2.65 bits per heavy atom. The van der Waals surface area contributed by atoms with E-state index in [0.29, 0.717) is 16.5 Å². The SMILES string of the molecule is CSc1ncc2ccc(-c3cn(C)nc3N(C)S(C)(=O)=O)n2n1. The molecule has 0 saturated heterocycles. The minimum Gasteiger partial charge on any atom is -0.273 e. The standard InChI is InChI=1S/C13H16N6O2S2/c1-17-8-10(12(15-17)18(2)23(4,20)21)11-6-5-9-7-14-13(22-3)16-19(9)11/h5-8H,1-4H3. The third-order valence-corrected chi connectivity index (χ3v) is 5.16. The lowest BCUT2D eigenvalue weighted by molar-refractivity contribution is 0.599. The van der Waals surface area contributed by atoms with E-state index in [1.54, 1.807) is 28.6 Å². The summed E-state index contributed by atoms with van der Waals surface area (Å²) in [5.74, 6) is 0.360. The van der Waals surface area contributed by atoms with Crippen LogP contribution in [0.4, 0.5) is 5.82 Å². The summed E-state index contributed by atoms with van der Waals surface area (Å²) in [6, 6.07) is 3.77. The Morgan fingerprint density at radius 1 is 1.26 bits per heavy atom. The van der Waals surface area contributed by atoms with E-state index in [-0.39, 0.29) is 0 Å². The molecule has 122 valence electrons. The van der Waals surface area contributed by atoms with Gasteiger partial charge in [0, 0.05) is 20.3 Å². The number of fused-ring (bicyclic) bond motifs is 1. The predicted molar refractivity (Wildman–Crippen MR) is 90.2 cm³/mol. The van der Waals surface area contributed by atoms with Gasteiger partial charge in [-0.15, -0.1) is 5.10 Å². The van der Waals surface area contributed by atoms with E-state index in [1.165, 1.54) is 23.1 Å². The van der Waals surface area contributed by atoms with Gasteiger partial charge in [-0.1, -0.05) is 11.8 Å². The zero-order chi connectivity index (χ0) is 16.8. The van der Waals surface area contributed by atoms with Gasteiger partial charge < -0.3 is 0 Å². The third kappa shape index (κ3) is 2.79. The number of hydrogen-bond donors (Lipinski definition) is 0. The fraction of sp³-hybridized carbons (Fsp3) is 0.308. The van der Waals surface area contributed by atoms with Crippen LogP contribution in [0, 0.1) is 0 Å². The molecule has 0 spiro atoms. The highest BCUT2D eigenvalue weighted by Crippen LogP contribution is 2.31. The molecule has 3 rings (SSSR count). The summed E-state index contributed by atoms with van der Waals surface area (Å²) in [6.45, 7) is 0. The number of nitrogens with zero attached hydrogens (tertiary/aromatic N) is 6. The minimum absolute atomic E-state index is 0.360. The Labute approximate surface area is 138 Å². The summed E-state index contributed by atoms with van der Waals surface area (Å²) >= 11 is 1.44. The molecule has 0 unspecified atom stereocenters. The second kappa shape index (κ2) is 5.53. The Kier molecular flexibility index (Phi) is 3.80. The molecule has 10 heteroatoms. The molecule has 0 aliphatic rings. The van der Waals surface area contributed by atoms with E-state index in [0.717, 1.165) is 17.5 Å². The van der Waals surface area contributed by atoms with Crippen LogP contribution in [0.25, 0.3) is 16.8 Å². The molecule has 8 nitrogen and oxygen atoms in total. The zero-order valence-corrected chi connectivity index (χ0v) is 14.8. The van der Waals surface area contributed by atoms with Crippen molar-refractivity contribution in [3.63, 3.8) is 0 Å². The smallest absolute Gasteiger partial charge is 0.233 e. The van der Waals surface area contributed by atoms with Gasteiger partial charge in [0.05, 0.1) is 29.2 Å². The molecule has 0 N–H and O–H groups in total. The highest BCUT2D eigenvalue weighted by Gasteiger charge is 2.22. The third-order valence-electron chi connectivity index (χ3n) is 3.44. The molecule has 0 fully saturated rings. The second-order valence-corrected chi connectivity index (χ2v) is 7.86. The Balaban J connectivity index is 2.24. The van der Waals surface area contributed by atoms with E-state index in [1.807, 2.05) is 18.4 Å². The van der Waals surface area contributed by atoms with Crippen LogP contribution in [0.1, 0.15) is 0 Å². The van der Waals surface area contributed by atoms with Crippen LogP contribution < -0.4 is 4.31 Å². The number of thioether (sulfide) groups is 1. The minimum atomic E-state index is -3.41. The molecule has 3 aromatic rings. The fourth-order valence-corrected chi connectivity index (χ4v) is 3.00. The number of anilines is 1. The summed E-state index contributed by atoms with van der Waals surface area (Å²) in [6.07, 6.45) is 6.56. The Hall–Kier alpha value is -2.07. The Morgan fingerprint density at radius 2 is 2.00 bits per heavy atom. The van der Waals surface area contributed by atoms with Gasteiger partial charge in [-0.05, 0) is 18.4 Å². The maximum atomic E-state index is 11.9. The van der Waals surface area contributed by atoms with E-state index in [9.17, 15) is 8.42 Å². The van der Waals surface area contributed by atoms with Gasteiger partial charge in [0.25, 0.3) is 0 Å². The van der Waals surface area contributed by atoms with Crippen LogP contribution in [0.15, 0.2) is 29.7 Å². The van der Waals surface area contributed by atoms with Gasteiger partial charge in [-0.2, -0.15) is 5.10 Å². The van der Waals surface area contributed by atoms with Crippen molar-refractivity contribution < 1.29 is 8.42 Å². The van der Waals surface area contributed by atoms with Gasteiger partial charge >= 0.3 is 0 Å².